The Balaban J connectivity index is 1.74. The summed E-state index contributed by atoms with van der Waals surface area (Å²) in [6, 6.07) is 5.56. The highest BCUT2D eigenvalue weighted by atomic mass is 16.5. The van der Waals surface area contributed by atoms with Gasteiger partial charge in [0.2, 0.25) is 5.89 Å². The topological polar surface area (TPSA) is 103 Å². The van der Waals surface area contributed by atoms with Gasteiger partial charge in [-0.15, -0.1) is 0 Å². The summed E-state index contributed by atoms with van der Waals surface area (Å²) < 4.78 is 5.06. The van der Waals surface area contributed by atoms with E-state index in [1.807, 2.05) is 18.2 Å². The second-order valence-electron chi connectivity index (χ2n) is 4.41. The van der Waals surface area contributed by atoms with Crippen molar-refractivity contribution in [2.45, 2.75) is 13.3 Å². The number of anilines is 2. The molecule has 0 amide bonds. The molecule has 3 aromatic rings. The van der Waals surface area contributed by atoms with E-state index < -0.39 is 0 Å². The summed E-state index contributed by atoms with van der Waals surface area (Å²) in [5.74, 6) is 2.02. The second kappa shape index (κ2) is 5.12. The van der Waals surface area contributed by atoms with Crippen LogP contribution in [-0.2, 0) is 6.42 Å². The van der Waals surface area contributed by atoms with Gasteiger partial charge in [0, 0.05) is 24.0 Å². The van der Waals surface area contributed by atoms with Crippen LogP contribution in [0.15, 0.2) is 29.0 Å². The van der Waals surface area contributed by atoms with Crippen LogP contribution in [0.4, 0.5) is 11.5 Å². The molecular weight excluding hydrogens is 256 g/mol. The smallest absolute Gasteiger partial charge is 0.228 e. The van der Waals surface area contributed by atoms with Crippen molar-refractivity contribution < 1.29 is 4.52 Å². The van der Waals surface area contributed by atoms with Crippen LogP contribution >= 0.6 is 0 Å². The number of benzene rings is 1. The Hall–Kier alpha value is -2.70. The lowest BCUT2D eigenvalue weighted by Crippen LogP contribution is -2.07. The van der Waals surface area contributed by atoms with Gasteiger partial charge >= 0.3 is 0 Å². The molecule has 0 bridgehead atoms. The zero-order valence-electron chi connectivity index (χ0n) is 11.0. The van der Waals surface area contributed by atoms with Gasteiger partial charge in [-0.25, -0.2) is 9.97 Å². The second-order valence-corrected chi connectivity index (χ2v) is 4.41. The number of fused-ring (bicyclic) bond motifs is 1. The SMILES string of the molecule is Cc1noc(CCNc2ncnc3cc(N)ccc23)n1. The zero-order valence-corrected chi connectivity index (χ0v) is 11.0. The first-order valence-corrected chi connectivity index (χ1v) is 6.25. The van der Waals surface area contributed by atoms with Gasteiger partial charge < -0.3 is 15.6 Å². The average Bonchev–Trinajstić information content (AvgIpc) is 2.84. The molecule has 3 N–H and O–H groups in total. The number of rotatable bonds is 4. The molecule has 0 fully saturated rings. The molecule has 0 aliphatic carbocycles. The molecule has 7 heteroatoms. The molecule has 0 radical (unpaired) electrons. The Kier molecular flexibility index (Phi) is 3.16. The van der Waals surface area contributed by atoms with Crippen molar-refractivity contribution in [1.29, 1.82) is 0 Å². The third-order valence-electron chi connectivity index (χ3n) is 2.86. The number of aromatic nitrogens is 4. The molecule has 0 saturated heterocycles. The minimum atomic E-state index is 0.609. The lowest BCUT2D eigenvalue weighted by molar-refractivity contribution is 0.377. The molecule has 102 valence electrons. The molecule has 1 aromatic carbocycles. The van der Waals surface area contributed by atoms with Crippen LogP contribution in [0.5, 0.6) is 0 Å². The summed E-state index contributed by atoms with van der Waals surface area (Å²) in [5, 5.41) is 7.93. The van der Waals surface area contributed by atoms with E-state index in [0.29, 0.717) is 30.4 Å². The van der Waals surface area contributed by atoms with Crippen molar-refractivity contribution in [2.75, 3.05) is 17.6 Å². The van der Waals surface area contributed by atoms with Crippen LogP contribution in [0.25, 0.3) is 10.9 Å². The van der Waals surface area contributed by atoms with E-state index in [9.17, 15) is 0 Å². The number of hydrogen-bond donors (Lipinski definition) is 2. The van der Waals surface area contributed by atoms with Crippen molar-refractivity contribution in [3.05, 3.63) is 36.2 Å². The van der Waals surface area contributed by atoms with Gasteiger partial charge in [-0.05, 0) is 25.1 Å². The number of nitrogen functional groups attached to an aromatic ring is 1. The van der Waals surface area contributed by atoms with E-state index in [-0.39, 0.29) is 0 Å². The quantitative estimate of drug-likeness (QED) is 0.693. The minimum Gasteiger partial charge on any atom is -0.399 e. The molecule has 0 unspecified atom stereocenters. The first-order chi connectivity index (χ1) is 9.72. The number of aryl methyl sites for hydroxylation is 1. The highest BCUT2D eigenvalue weighted by Gasteiger charge is 2.05. The van der Waals surface area contributed by atoms with Crippen molar-refractivity contribution >= 4 is 22.4 Å². The molecule has 0 saturated carbocycles. The molecule has 2 heterocycles. The lowest BCUT2D eigenvalue weighted by atomic mass is 10.2. The van der Waals surface area contributed by atoms with E-state index in [1.54, 1.807) is 6.92 Å². The van der Waals surface area contributed by atoms with E-state index >= 15 is 0 Å². The van der Waals surface area contributed by atoms with Crippen molar-refractivity contribution in [2.24, 2.45) is 0 Å². The van der Waals surface area contributed by atoms with Crippen molar-refractivity contribution in [3.8, 4) is 0 Å². The largest absolute Gasteiger partial charge is 0.399 e. The number of nitrogens with two attached hydrogens (primary N) is 1. The Morgan fingerprint density at radius 2 is 2.20 bits per heavy atom. The van der Waals surface area contributed by atoms with E-state index in [4.69, 9.17) is 10.3 Å². The summed E-state index contributed by atoms with van der Waals surface area (Å²) in [7, 11) is 0. The lowest BCUT2D eigenvalue weighted by Gasteiger charge is -2.07. The summed E-state index contributed by atoms with van der Waals surface area (Å²) in [4.78, 5) is 12.6. The molecule has 3 rings (SSSR count). The molecule has 0 atom stereocenters. The fourth-order valence-electron chi connectivity index (χ4n) is 1.94. The minimum absolute atomic E-state index is 0.609. The van der Waals surface area contributed by atoms with Crippen LogP contribution in [0.1, 0.15) is 11.7 Å². The Morgan fingerprint density at radius 1 is 1.30 bits per heavy atom. The Labute approximate surface area is 115 Å². The first kappa shape index (κ1) is 12.3. The van der Waals surface area contributed by atoms with Crippen LogP contribution in [0.2, 0.25) is 0 Å². The van der Waals surface area contributed by atoms with E-state index in [2.05, 4.69) is 25.4 Å². The monoisotopic (exact) mass is 270 g/mol. The molecule has 0 aliphatic heterocycles. The maximum absolute atomic E-state index is 5.74. The highest BCUT2D eigenvalue weighted by Crippen LogP contribution is 2.21. The van der Waals surface area contributed by atoms with Crippen LogP contribution in [0.3, 0.4) is 0 Å². The summed E-state index contributed by atoms with van der Waals surface area (Å²) in [6.45, 7) is 2.45. The fourth-order valence-corrected chi connectivity index (χ4v) is 1.94. The highest BCUT2D eigenvalue weighted by molar-refractivity contribution is 5.90. The van der Waals surface area contributed by atoms with Gasteiger partial charge in [0.1, 0.15) is 12.1 Å². The Bertz CT molecular complexity index is 739. The Morgan fingerprint density at radius 3 is 3.00 bits per heavy atom. The van der Waals surface area contributed by atoms with Crippen LogP contribution in [-0.4, -0.2) is 26.7 Å². The summed E-state index contributed by atoms with van der Waals surface area (Å²) in [6.07, 6.45) is 2.16. The van der Waals surface area contributed by atoms with Crippen LogP contribution < -0.4 is 11.1 Å². The fraction of sp³-hybridized carbons (Fsp3) is 0.231. The van der Waals surface area contributed by atoms with Crippen molar-refractivity contribution in [3.63, 3.8) is 0 Å². The van der Waals surface area contributed by atoms with Gasteiger partial charge in [0.05, 0.1) is 5.52 Å². The summed E-state index contributed by atoms with van der Waals surface area (Å²) >= 11 is 0. The molecule has 0 aliphatic rings. The normalized spacial score (nSPS) is 10.8. The zero-order chi connectivity index (χ0) is 13.9. The number of nitrogens with zero attached hydrogens (tertiary/aromatic N) is 4. The van der Waals surface area contributed by atoms with Gasteiger partial charge in [0.15, 0.2) is 5.82 Å². The molecule has 0 spiro atoms. The molecule has 7 nitrogen and oxygen atoms in total. The predicted molar refractivity (Wildman–Crippen MR) is 75.2 cm³/mol. The standard InChI is InChI=1S/C13H14N6O/c1-8-18-12(20-19-8)4-5-15-13-10-3-2-9(14)6-11(10)16-7-17-13/h2-3,6-7H,4-5,14H2,1H3,(H,15,16,17). The third kappa shape index (κ3) is 2.51. The first-order valence-electron chi connectivity index (χ1n) is 6.25. The molecule has 20 heavy (non-hydrogen) atoms. The van der Waals surface area contributed by atoms with E-state index in [1.165, 1.54) is 6.33 Å². The number of nitrogens with one attached hydrogen (secondary N) is 1. The predicted octanol–water partition coefficient (Wildman–Crippen LogP) is 1.56. The average molecular weight is 270 g/mol. The van der Waals surface area contributed by atoms with E-state index in [0.717, 1.165) is 16.7 Å². The third-order valence-corrected chi connectivity index (χ3v) is 2.86. The van der Waals surface area contributed by atoms with Gasteiger partial charge in [-0.3, -0.25) is 0 Å². The molecule has 2 aromatic heterocycles. The maximum atomic E-state index is 5.74. The molecular formula is C13H14N6O. The van der Waals surface area contributed by atoms with Gasteiger partial charge in [-0.2, -0.15) is 4.98 Å². The van der Waals surface area contributed by atoms with Crippen molar-refractivity contribution in [1.82, 2.24) is 20.1 Å². The van der Waals surface area contributed by atoms with Crippen LogP contribution in [0, 0.1) is 6.92 Å². The summed E-state index contributed by atoms with van der Waals surface area (Å²) in [5.41, 5.74) is 7.24. The number of hydrogen-bond acceptors (Lipinski definition) is 7. The van der Waals surface area contributed by atoms with Gasteiger partial charge in [-0.1, -0.05) is 5.16 Å². The van der Waals surface area contributed by atoms with Gasteiger partial charge in [0.25, 0.3) is 0 Å². The maximum Gasteiger partial charge on any atom is 0.228 e.